The number of hydrogen-bond acceptors (Lipinski definition) is 2. The van der Waals surface area contributed by atoms with Gasteiger partial charge in [-0.3, -0.25) is 4.79 Å². The number of carbonyl (C=O) groups excluding carboxylic acids is 1. The number of benzene rings is 2. The van der Waals surface area contributed by atoms with Crippen LogP contribution in [0.3, 0.4) is 0 Å². The molecule has 2 rings (SSSR count). The second-order valence-corrected chi connectivity index (χ2v) is 7.97. The van der Waals surface area contributed by atoms with Gasteiger partial charge in [0.05, 0.1) is 22.3 Å². The minimum Gasteiger partial charge on any atom is -0.493 e. The molecule has 0 fully saturated rings. The van der Waals surface area contributed by atoms with Crippen LogP contribution in [-0.2, 0) is 4.79 Å². The SMILES string of the molecule is Cc1ccc(C)c(OCCCC(C)(C)C(=O)Nc2c(Cl)cccc2Cl)c1. The van der Waals surface area contributed by atoms with Gasteiger partial charge in [0.15, 0.2) is 0 Å². The molecule has 0 aromatic heterocycles. The van der Waals surface area contributed by atoms with Gasteiger partial charge in [-0.05, 0) is 56.0 Å². The Labute approximate surface area is 165 Å². The molecule has 0 radical (unpaired) electrons. The molecule has 5 heteroatoms. The first-order chi connectivity index (χ1) is 12.2. The zero-order chi connectivity index (χ0) is 19.3. The summed E-state index contributed by atoms with van der Waals surface area (Å²) < 4.78 is 5.88. The second kappa shape index (κ2) is 8.79. The van der Waals surface area contributed by atoms with E-state index in [1.165, 1.54) is 5.56 Å². The Kier molecular flexibility index (Phi) is 6.96. The lowest BCUT2D eigenvalue weighted by Crippen LogP contribution is -2.31. The zero-order valence-electron chi connectivity index (χ0n) is 15.7. The highest BCUT2D eigenvalue weighted by Crippen LogP contribution is 2.32. The van der Waals surface area contributed by atoms with Crippen molar-refractivity contribution in [2.24, 2.45) is 5.41 Å². The first kappa shape index (κ1) is 20.6. The maximum atomic E-state index is 12.6. The first-order valence-corrected chi connectivity index (χ1v) is 9.42. The zero-order valence-corrected chi connectivity index (χ0v) is 17.2. The third-order valence-corrected chi connectivity index (χ3v) is 4.99. The molecule has 140 valence electrons. The summed E-state index contributed by atoms with van der Waals surface area (Å²) in [6, 6.07) is 11.3. The Morgan fingerprint density at radius 1 is 1.12 bits per heavy atom. The molecule has 3 nitrogen and oxygen atoms in total. The van der Waals surface area contributed by atoms with Crippen LogP contribution < -0.4 is 10.1 Å². The van der Waals surface area contributed by atoms with Gasteiger partial charge in [-0.2, -0.15) is 0 Å². The summed E-state index contributed by atoms with van der Waals surface area (Å²) in [4.78, 5) is 12.6. The van der Waals surface area contributed by atoms with E-state index in [1.54, 1.807) is 18.2 Å². The number of aryl methyl sites for hydroxylation is 2. The van der Waals surface area contributed by atoms with Crippen molar-refractivity contribution in [1.29, 1.82) is 0 Å². The van der Waals surface area contributed by atoms with Crippen LogP contribution in [0, 0.1) is 19.3 Å². The van der Waals surface area contributed by atoms with Crippen LogP contribution >= 0.6 is 23.2 Å². The predicted octanol–water partition coefficient (Wildman–Crippen LogP) is 6.43. The molecule has 1 amide bonds. The van der Waals surface area contributed by atoms with Crippen LogP contribution in [0.5, 0.6) is 5.75 Å². The summed E-state index contributed by atoms with van der Waals surface area (Å²) >= 11 is 12.3. The lowest BCUT2D eigenvalue weighted by atomic mass is 9.87. The molecule has 0 bridgehead atoms. The molecule has 2 aromatic carbocycles. The van der Waals surface area contributed by atoms with E-state index in [-0.39, 0.29) is 5.91 Å². The fourth-order valence-electron chi connectivity index (χ4n) is 2.57. The van der Waals surface area contributed by atoms with Gasteiger partial charge in [-0.25, -0.2) is 0 Å². The highest BCUT2D eigenvalue weighted by Gasteiger charge is 2.28. The fraction of sp³-hybridized carbons (Fsp3) is 0.381. The van der Waals surface area contributed by atoms with Crippen LogP contribution in [0.25, 0.3) is 0 Å². The molecule has 1 N–H and O–H groups in total. The summed E-state index contributed by atoms with van der Waals surface area (Å²) in [6.45, 7) is 8.45. The molecule has 0 aliphatic rings. The Bertz CT molecular complexity index is 767. The molecule has 0 unspecified atom stereocenters. The number of hydrogen-bond donors (Lipinski definition) is 1. The van der Waals surface area contributed by atoms with E-state index >= 15 is 0 Å². The smallest absolute Gasteiger partial charge is 0.230 e. The van der Waals surface area contributed by atoms with E-state index in [4.69, 9.17) is 27.9 Å². The van der Waals surface area contributed by atoms with E-state index in [9.17, 15) is 4.79 Å². The topological polar surface area (TPSA) is 38.3 Å². The van der Waals surface area contributed by atoms with Gasteiger partial charge in [0, 0.05) is 5.41 Å². The maximum absolute atomic E-state index is 12.6. The molecule has 0 saturated carbocycles. The molecule has 26 heavy (non-hydrogen) atoms. The number of amides is 1. The van der Waals surface area contributed by atoms with Crippen molar-refractivity contribution in [2.75, 3.05) is 11.9 Å². The quantitative estimate of drug-likeness (QED) is 0.549. The van der Waals surface area contributed by atoms with E-state index in [0.29, 0.717) is 28.8 Å². The van der Waals surface area contributed by atoms with Crippen LogP contribution in [0.1, 0.15) is 37.8 Å². The van der Waals surface area contributed by atoms with Crippen molar-refractivity contribution in [2.45, 2.75) is 40.5 Å². The second-order valence-electron chi connectivity index (χ2n) is 7.16. The van der Waals surface area contributed by atoms with Gasteiger partial charge in [0.25, 0.3) is 0 Å². The summed E-state index contributed by atoms with van der Waals surface area (Å²) in [5.41, 5.74) is 2.18. The summed E-state index contributed by atoms with van der Waals surface area (Å²) in [5, 5.41) is 3.71. The largest absolute Gasteiger partial charge is 0.493 e. The summed E-state index contributed by atoms with van der Waals surface area (Å²) in [6.07, 6.45) is 1.45. The number of para-hydroxylation sites is 1. The number of rotatable bonds is 7. The Morgan fingerprint density at radius 2 is 1.77 bits per heavy atom. The minimum atomic E-state index is -0.562. The third kappa shape index (κ3) is 5.39. The van der Waals surface area contributed by atoms with Crippen molar-refractivity contribution in [3.63, 3.8) is 0 Å². The Balaban J connectivity index is 1.89. The van der Waals surface area contributed by atoms with Gasteiger partial charge in [-0.15, -0.1) is 0 Å². The molecular formula is C21H25Cl2NO2. The molecule has 2 aromatic rings. The van der Waals surface area contributed by atoms with Crippen LogP contribution in [0.4, 0.5) is 5.69 Å². The standard InChI is InChI=1S/C21H25Cl2NO2/c1-14-9-10-15(2)18(13-14)26-12-6-11-21(3,4)20(25)24-19-16(22)7-5-8-17(19)23/h5,7-10,13H,6,11-12H2,1-4H3,(H,24,25). The molecule has 0 heterocycles. The molecule has 0 atom stereocenters. The Hall–Kier alpha value is -1.71. The average Bonchev–Trinajstić information content (AvgIpc) is 2.57. The number of nitrogens with one attached hydrogen (secondary N) is 1. The van der Waals surface area contributed by atoms with Crippen molar-refractivity contribution in [1.82, 2.24) is 0 Å². The molecule has 0 saturated heterocycles. The highest BCUT2D eigenvalue weighted by atomic mass is 35.5. The van der Waals surface area contributed by atoms with Gasteiger partial charge in [-0.1, -0.05) is 55.2 Å². The number of ether oxygens (including phenoxy) is 1. The van der Waals surface area contributed by atoms with E-state index < -0.39 is 5.41 Å². The maximum Gasteiger partial charge on any atom is 0.230 e. The van der Waals surface area contributed by atoms with Gasteiger partial charge in [0.2, 0.25) is 5.91 Å². The number of carbonyl (C=O) groups is 1. The van der Waals surface area contributed by atoms with Crippen molar-refractivity contribution in [3.8, 4) is 5.75 Å². The molecular weight excluding hydrogens is 369 g/mol. The lowest BCUT2D eigenvalue weighted by Gasteiger charge is -2.24. The highest BCUT2D eigenvalue weighted by molar-refractivity contribution is 6.39. The molecule has 0 aliphatic carbocycles. The monoisotopic (exact) mass is 393 g/mol. The van der Waals surface area contributed by atoms with Crippen LogP contribution in [0.15, 0.2) is 36.4 Å². The predicted molar refractivity (Wildman–Crippen MR) is 110 cm³/mol. The van der Waals surface area contributed by atoms with Crippen molar-refractivity contribution in [3.05, 3.63) is 57.6 Å². The number of halogens is 2. The Morgan fingerprint density at radius 3 is 2.42 bits per heavy atom. The summed E-state index contributed by atoms with van der Waals surface area (Å²) in [5.74, 6) is 0.786. The normalized spacial score (nSPS) is 11.3. The van der Waals surface area contributed by atoms with Crippen LogP contribution in [0.2, 0.25) is 10.0 Å². The number of anilines is 1. The van der Waals surface area contributed by atoms with Gasteiger partial charge < -0.3 is 10.1 Å². The molecule has 0 spiro atoms. The van der Waals surface area contributed by atoms with Gasteiger partial charge >= 0.3 is 0 Å². The van der Waals surface area contributed by atoms with E-state index in [1.807, 2.05) is 33.8 Å². The van der Waals surface area contributed by atoms with Gasteiger partial charge in [0.1, 0.15) is 5.75 Å². The van der Waals surface area contributed by atoms with Crippen molar-refractivity contribution < 1.29 is 9.53 Å². The first-order valence-electron chi connectivity index (χ1n) is 8.66. The minimum absolute atomic E-state index is 0.112. The third-order valence-electron chi connectivity index (χ3n) is 4.36. The van der Waals surface area contributed by atoms with E-state index in [0.717, 1.165) is 17.7 Å². The van der Waals surface area contributed by atoms with E-state index in [2.05, 4.69) is 17.4 Å². The lowest BCUT2D eigenvalue weighted by molar-refractivity contribution is -0.124. The average molecular weight is 394 g/mol. The fourth-order valence-corrected chi connectivity index (χ4v) is 3.06. The van der Waals surface area contributed by atoms with Crippen molar-refractivity contribution >= 4 is 34.8 Å². The van der Waals surface area contributed by atoms with Crippen LogP contribution in [-0.4, -0.2) is 12.5 Å². The molecule has 0 aliphatic heterocycles. The summed E-state index contributed by atoms with van der Waals surface area (Å²) in [7, 11) is 0.